The van der Waals surface area contributed by atoms with Gasteiger partial charge in [0.15, 0.2) is 0 Å². The van der Waals surface area contributed by atoms with E-state index < -0.39 is 0 Å². The van der Waals surface area contributed by atoms with Crippen LogP contribution in [-0.4, -0.2) is 48.6 Å². The molecule has 0 aromatic heterocycles. The van der Waals surface area contributed by atoms with Gasteiger partial charge >= 0.3 is 0 Å². The number of carbonyl (C=O) groups excluding carboxylic acids is 2. The maximum atomic E-state index is 11.9. The van der Waals surface area contributed by atoms with Crippen LogP contribution in [0.15, 0.2) is 0 Å². The van der Waals surface area contributed by atoms with Crippen LogP contribution in [0.4, 0.5) is 0 Å². The van der Waals surface area contributed by atoms with E-state index >= 15 is 0 Å². The van der Waals surface area contributed by atoms with Crippen LogP contribution < -0.4 is 5.32 Å². The predicted molar refractivity (Wildman–Crippen MR) is 64.8 cm³/mol. The first-order valence-corrected chi connectivity index (χ1v) is 6.95. The Morgan fingerprint density at radius 2 is 1.89 bits per heavy atom. The van der Waals surface area contributed by atoms with E-state index in [1.54, 1.807) is 4.90 Å². The Kier molecular flexibility index (Phi) is 3.24. The first kappa shape index (κ1) is 12.0. The molecule has 100 valence electrons. The van der Waals surface area contributed by atoms with Gasteiger partial charge in [0.1, 0.15) is 6.10 Å². The summed E-state index contributed by atoms with van der Waals surface area (Å²) in [4.78, 5) is 25.5. The van der Waals surface area contributed by atoms with Crippen LogP contribution in [-0.2, 0) is 14.3 Å². The van der Waals surface area contributed by atoms with Crippen molar-refractivity contribution in [2.75, 3.05) is 19.7 Å². The van der Waals surface area contributed by atoms with Crippen molar-refractivity contribution >= 4 is 11.8 Å². The molecular weight excluding hydrogens is 232 g/mol. The fourth-order valence-corrected chi connectivity index (χ4v) is 2.72. The van der Waals surface area contributed by atoms with Crippen molar-refractivity contribution in [2.45, 2.75) is 44.2 Å². The molecule has 0 radical (unpaired) electrons. The molecular formula is C13H20N2O3. The van der Waals surface area contributed by atoms with Crippen LogP contribution in [0.3, 0.4) is 0 Å². The van der Waals surface area contributed by atoms with Crippen molar-refractivity contribution in [3.63, 3.8) is 0 Å². The molecule has 1 atom stereocenters. The molecule has 2 heterocycles. The number of amides is 2. The number of carbonyl (C=O) groups is 2. The number of hydrogen-bond acceptors (Lipinski definition) is 3. The highest BCUT2D eigenvalue weighted by atomic mass is 16.5. The van der Waals surface area contributed by atoms with Gasteiger partial charge in [-0.25, -0.2) is 0 Å². The van der Waals surface area contributed by atoms with Crippen LogP contribution >= 0.6 is 0 Å². The minimum Gasteiger partial charge on any atom is -0.368 e. The van der Waals surface area contributed by atoms with E-state index in [2.05, 4.69) is 5.32 Å². The number of rotatable bonds is 3. The van der Waals surface area contributed by atoms with Gasteiger partial charge in [0.2, 0.25) is 5.91 Å². The summed E-state index contributed by atoms with van der Waals surface area (Å²) in [5.41, 5.74) is 0. The zero-order valence-corrected chi connectivity index (χ0v) is 10.6. The second kappa shape index (κ2) is 4.88. The summed E-state index contributed by atoms with van der Waals surface area (Å²) in [5, 5.41) is 3.02. The smallest absolute Gasteiger partial charge is 0.251 e. The molecule has 0 aromatic rings. The van der Waals surface area contributed by atoms with Gasteiger partial charge in [-0.15, -0.1) is 0 Å². The second-order valence-electron chi connectivity index (χ2n) is 5.58. The zero-order valence-electron chi connectivity index (χ0n) is 10.6. The van der Waals surface area contributed by atoms with E-state index in [9.17, 15) is 9.59 Å². The predicted octanol–water partition coefficient (Wildman–Crippen LogP) is 0.292. The maximum absolute atomic E-state index is 11.9. The summed E-state index contributed by atoms with van der Waals surface area (Å²) in [6, 6.07) is 0.156. The van der Waals surface area contributed by atoms with Gasteiger partial charge in [-0.3, -0.25) is 9.59 Å². The Balaban J connectivity index is 1.39. The molecule has 0 bridgehead atoms. The lowest BCUT2D eigenvalue weighted by Gasteiger charge is -2.41. The van der Waals surface area contributed by atoms with Crippen molar-refractivity contribution in [2.24, 2.45) is 5.92 Å². The lowest BCUT2D eigenvalue weighted by molar-refractivity contribution is -0.147. The van der Waals surface area contributed by atoms with Gasteiger partial charge in [-0.1, -0.05) is 6.42 Å². The summed E-state index contributed by atoms with van der Waals surface area (Å²) < 4.78 is 5.37. The quantitative estimate of drug-likeness (QED) is 0.785. The molecule has 2 aliphatic heterocycles. The lowest BCUT2D eigenvalue weighted by Crippen LogP contribution is -2.63. The average Bonchev–Trinajstić information content (AvgIpc) is 2.72. The Labute approximate surface area is 107 Å². The number of likely N-dealkylation sites (tertiary alicyclic amines) is 1. The molecule has 5 heteroatoms. The molecule has 1 saturated carbocycles. The Hall–Kier alpha value is -1.10. The van der Waals surface area contributed by atoms with E-state index in [4.69, 9.17) is 4.74 Å². The molecule has 0 unspecified atom stereocenters. The molecule has 1 aliphatic carbocycles. The Morgan fingerprint density at radius 3 is 2.44 bits per heavy atom. The topological polar surface area (TPSA) is 58.6 Å². The minimum absolute atomic E-state index is 0.0987. The first-order valence-electron chi connectivity index (χ1n) is 6.95. The molecule has 0 spiro atoms. The van der Waals surface area contributed by atoms with Gasteiger partial charge in [-0.2, -0.15) is 0 Å². The fraction of sp³-hybridized carbons (Fsp3) is 0.846. The van der Waals surface area contributed by atoms with E-state index in [1.165, 1.54) is 6.42 Å². The average molecular weight is 252 g/mol. The molecule has 5 nitrogen and oxygen atoms in total. The Bertz CT molecular complexity index is 342. The third-order valence-electron chi connectivity index (χ3n) is 4.22. The van der Waals surface area contributed by atoms with Crippen molar-refractivity contribution in [3.05, 3.63) is 0 Å². The third kappa shape index (κ3) is 2.23. The minimum atomic E-state index is -0.228. The number of ether oxygens (including phenoxy) is 1. The van der Waals surface area contributed by atoms with Gasteiger partial charge in [0, 0.05) is 25.6 Å². The molecule has 1 N–H and O–H groups in total. The fourth-order valence-electron chi connectivity index (χ4n) is 2.72. The van der Waals surface area contributed by atoms with E-state index in [0.29, 0.717) is 19.7 Å². The van der Waals surface area contributed by atoms with Crippen LogP contribution in [0, 0.1) is 5.92 Å². The van der Waals surface area contributed by atoms with Crippen molar-refractivity contribution in [1.82, 2.24) is 10.2 Å². The zero-order chi connectivity index (χ0) is 12.5. The van der Waals surface area contributed by atoms with Crippen LogP contribution in [0.2, 0.25) is 0 Å². The molecule has 3 fully saturated rings. The summed E-state index contributed by atoms with van der Waals surface area (Å²) in [7, 11) is 0. The van der Waals surface area contributed by atoms with E-state index in [-0.39, 0.29) is 29.9 Å². The van der Waals surface area contributed by atoms with Crippen molar-refractivity contribution < 1.29 is 14.3 Å². The van der Waals surface area contributed by atoms with Crippen LogP contribution in [0.25, 0.3) is 0 Å². The number of nitrogens with zero attached hydrogens (tertiary/aromatic N) is 1. The van der Waals surface area contributed by atoms with Crippen LogP contribution in [0.1, 0.15) is 32.1 Å². The molecule has 2 saturated heterocycles. The monoisotopic (exact) mass is 252 g/mol. The third-order valence-corrected chi connectivity index (χ3v) is 4.22. The summed E-state index contributed by atoms with van der Waals surface area (Å²) in [5.74, 6) is 0.505. The van der Waals surface area contributed by atoms with Crippen molar-refractivity contribution in [1.29, 1.82) is 0 Å². The van der Waals surface area contributed by atoms with Crippen molar-refractivity contribution in [3.8, 4) is 0 Å². The largest absolute Gasteiger partial charge is 0.368 e. The van der Waals surface area contributed by atoms with Crippen LogP contribution in [0.5, 0.6) is 0 Å². The molecule has 2 amide bonds. The van der Waals surface area contributed by atoms with Gasteiger partial charge in [-0.05, 0) is 25.7 Å². The SMILES string of the molecule is O=C(NC1CN(C(=O)[C@H]2CCCO2)C1)C1CCC1. The lowest BCUT2D eigenvalue weighted by atomic mass is 9.84. The highest BCUT2D eigenvalue weighted by Crippen LogP contribution is 2.27. The molecule has 18 heavy (non-hydrogen) atoms. The number of hydrogen-bond donors (Lipinski definition) is 1. The molecule has 3 rings (SSSR count). The normalized spacial score (nSPS) is 28.7. The summed E-state index contributed by atoms with van der Waals surface area (Å²) >= 11 is 0. The second-order valence-corrected chi connectivity index (χ2v) is 5.58. The highest BCUT2D eigenvalue weighted by Gasteiger charge is 2.38. The molecule has 3 aliphatic rings. The van der Waals surface area contributed by atoms with Gasteiger partial charge < -0.3 is 15.0 Å². The molecule has 0 aromatic carbocycles. The van der Waals surface area contributed by atoms with E-state index in [0.717, 1.165) is 25.7 Å². The van der Waals surface area contributed by atoms with Gasteiger partial charge in [0.25, 0.3) is 5.91 Å². The van der Waals surface area contributed by atoms with Gasteiger partial charge in [0.05, 0.1) is 6.04 Å². The first-order chi connectivity index (χ1) is 8.74. The Morgan fingerprint density at radius 1 is 1.11 bits per heavy atom. The maximum Gasteiger partial charge on any atom is 0.251 e. The summed E-state index contributed by atoms with van der Waals surface area (Å²) in [6.07, 6.45) is 4.81. The summed E-state index contributed by atoms with van der Waals surface area (Å²) in [6.45, 7) is 2.00. The standard InChI is InChI=1S/C13H20N2O3/c16-12(9-3-1-4-9)14-10-7-15(8-10)13(17)11-5-2-6-18-11/h9-11H,1-8H2,(H,14,16)/t11-/m1/s1. The number of nitrogens with one attached hydrogen (secondary N) is 1. The van der Waals surface area contributed by atoms with E-state index in [1.807, 2.05) is 0 Å². The highest BCUT2D eigenvalue weighted by molar-refractivity contribution is 5.83.